The number of carbonyl (C=O) groups is 2. The molecule has 1 aliphatic carbocycles. The fourth-order valence-electron chi connectivity index (χ4n) is 5.36. The zero-order valence-electron chi connectivity index (χ0n) is 22.6. The lowest BCUT2D eigenvalue weighted by molar-refractivity contribution is -0.384. The number of anilines is 1. The molecule has 1 aromatic heterocycles. The van der Waals surface area contributed by atoms with E-state index in [0.29, 0.717) is 28.6 Å². The normalized spacial score (nSPS) is 13.6. The van der Waals surface area contributed by atoms with E-state index in [1.807, 2.05) is 63.2 Å². The van der Waals surface area contributed by atoms with Crippen molar-refractivity contribution in [3.8, 4) is 0 Å². The number of hydrogen-bond acceptors (Lipinski definition) is 6. The number of nitrogens with zero attached hydrogens (tertiary/aromatic N) is 2. The summed E-state index contributed by atoms with van der Waals surface area (Å²) in [4.78, 5) is 41.8. The number of aryl methyl sites for hydroxylation is 3. The molecule has 0 saturated carbocycles. The first-order valence-electron chi connectivity index (χ1n) is 13.1. The Hall–Kier alpha value is -4.85. The molecule has 0 atom stereocenters. The van der Waals surface area contributed by atoms with Crippen LogP contribution in [0.5, 0.6) is 0 Å². The van der Waals surface area contributed by atoms with E-state index in [9.17, 15) is 19.7 Å². The number of fused-ring (bicyclic) bond motifs is 2. The minimum atomic E-state index is -0.570. The Balaban J connectivity index is 1.45. The highest BCUT2D eigenvalue weighted by atomic mass is 16.6. The molecule has 0 spiro atoms. The lowest BCUT2D eigenvalue weighted by Crippen LogP contribution is -2.23. The van der Waals surface area contributed by atoms with Crippen LogP contribution in [0, 0.1) is 30.9 Å². The van der Waals surface area contributed by atoms with Crippen LogP contribution in [0.15, 0.2) is 60.7 Å². The Labute approximate surface area is 231 Å². The Morgan fingerprint density at radius 1 is 1.02 bits per heavy atom. The SMILES string of the molecule is Cc1cc(C)c(NC(=O)COC(=O)c2c3c(nc4ccccc24)/C(=C/c2ccc([N+](=O)[O-])cc2)CCC3)c(C)c1. The van der Waals surface area contributed by atoms with Crippen LogP contribution in [0.4, 0.5) is 11.4 Å². The van der Waals surface area contributed by atoms with Crippen LogP contribution in [0.25, 0.3) is 22.6 Å². The summed E-state index contributed by atoms with van der Waals surface area (Å²) < 4.78 is 5.57. The average molecular weight is 536 g/mol. The maximum absolute atomic E-state index is 13.5. The second-order valence-corrected chi connectivity index (χ2v) is 10.1. The van der Waals surface area contributed by atoms with Crippen molar-refractivity contribution in [2.24, 2.45) is 0 Å². The highest BCUT2D eigenvalue weighted by molar-refractivity contribution is 6.07. The fourth-order valence-corrected chi connectivity index (χ4v) is 5.36. The second-order valence-electron chi connectivity index (χ2n) is 10.1. The third kappa shape index (κ3) is 5.47. The molecule has 1 heterocycles. The van der Waals surface area contributed by atoms with Gasteiger partial charge in [0.2, 0.25) is 0 Å². The Bertz CT molecular complexity index is 1670. The van der Waals surface area contributed by atoms with Gasteiger partial charge >= 0.3 is 5.97 Å². The molecule has 0 aliphatic heterocycles. The maximum atomic E-state index is 13.5. The number of aromatic nitrogens is 1. The number of esters is 1. The summed E-state index contributed by atoms with van der Waals surface area (Å²) in [5.74, 6) is -0.978. The molecule has 40 heavy (non-hydrogen) atoms. The van der Waals surface area contributed by atoms with E-state index in [4.69, 9.17) is 9.72 Å². The number of allylic oxidation sites excluding steroid dienone is 1. The van der Waals surface area contributed by atoms with Gasteiger partial charge < -0.3 is 10.1 Å². The first kappa shape index (κ1) is 26.7. The summed E-state index contributed by atoms with van der Waals surface area (Å²) in [6.45, 7) is 5.44. The molecular formula is C32H29N3O5. The van der Waals surface area contributed by atoms with Crippen LogP contribution in [-0.4, -0.2) is 28.4 Å². The van der Waals surface area contributed by atoms with E-state index < -0.39 is 23.4 Å². The Kier molecular flexibility index (Phi) is 7.42. The van der Waals surface area contributed by atoms with Crippen LogP contribution in [-0.2, 0) is 16.0 Å². The van der Waals surface area contributed by atoms with E-state index >= 15 is 0 Å². The van der Waals surface area contributed by atoms with Crippen molar-refractivity contribution in [2.75, 3.05) is 11.9 Å². The van der Waals surface area contributed by atoms with Gasteiger partial charge in [0.1, 0.15) is 0 Å². The van der Waals surface area contributed by atoms with Gasteiger partial charge in [-0.15, -0.1) is 0 Å². The van der Waals surface area contributed by atoms with E-state index in [1.165, 1.54) is 12.1 Å². The van der Waals surface area contributed by atoms with Gasteiger partial charge in [-0.1, -0.05) is 35.9 Å². The maximum Gasteiger partial charge on any atom is 0.339 e. The second kappa shape index (κ2) is 11.1. The van der Waals surface area contributed by atoms with Crippen LogP contribution < -0.4 is 5.32 Å². The van der Waals surface area contributed by atoms with Crippen molar-refractivity contribution in [1.29, 1.82) is 0 Å². The van der Waals surface area contributed by atoms with Gasteiger partial charge in [0.05, 0.1) is 21.7 Å². The van der Waals surface area contributed by atoms with E-state index in [2.05, 4.69) is 5.32 Å². The molecular weight excluding hydrogens is 506 g/mol. The van der Waals surface area contributed by atoms with E-state index in [-0.39, 0.29) is 5.69 Å². The molecule has 1 N–H and O–H groups in total. The minimum Gasteiger partial charge on any atom is -0.452 e. The highest BCUT2D eigenvalue weighted by Crippen LogP contribution is 2.36. The topological polar surface area (TPSA) is 111 Å². The number of ether oxygens (including phenoxy) is 1. The van der Waals surface area contributed by atoms with Gasteiger partial charge in [-0.2, -0.15) is 0 Å². The van der Waals surface area contributed by atoms with Crippen molar-refractivity contribution in [3.05, 3.63) is 110 Å². The van der Waals surface area contributed by atoms with Crippen LogP contribution in [0.2, 0.25) is 0 Å². The molecule has 3 aromatic carbocycles. The number of pyridine rings is 1. The molecule has 5 rings (SSSR count). The van der Waals surface area contributed by atoms with Gasteiger partial charge in [-0.05, 0) is 92.1 Å². The van der Waals surface area contributed by atoms with Crippen LogP contribution in [0.3, 0.4) is 0 Å². The molecule has 202 valence electrons. The molecule has 8 nitrogen and oxygen atoms in total. The van der Waals surface area contributed by atoms with Gasteiger partial charge in [0.15, 0.2) is 6.61 Å². The van der Waals surface area contributed by atoms with Crippen molar-refractivity contribution >= 4 is 45.8 Å². The molecule has 0 bridgehead atoms. The zero-order valence-corrected chi connectivity index (χ0v) is 22.6. The van der Waals surface area contributed by atoms with Crippen molar-refractivity contribution in [2.45, 2.75) is 40.0 Å². The standard InChI is InChI=1S/C32H29N3O5/c1-19-15-20(2)30(21(3)16-19)34-28(36)18-40-32(37)29-25-8-4-5-10-27(25)33-31-23(7-6-9-26(29)31)17-22-11-13-24(14-12-22)35(38)39/h4-5,8,10-17H,6-7,9,18H2,1-3H3,(H,34,36)/b23-17+. The van der Waals surface area contributed by atoms with Crippen molar-refractivity contribution < 1.29 is 19.2 Å². The summed E-state index contributed by atoms with van der Waals surface area (Å²) in [6, 6.07) is 17.7. The molecule has 0 unspecified atom stereocenters. The number of benzene rings is 3. The lowest BCUT2D eigenvalue weighted by atomic mass is 9.86. The summed E-state index contributed by atoms with van der Waals surface area (Å²) in [5.41, 5.74) is 8.07. The summed E-state index contributed by atoms with van der Waals surface area (Å²) in [7, 11) is 0. The predicted octanol–water partition coefficient (Wildman–Crippen LogP) is 6.74. The number of hydrogen-bond donors (Lipinski definition) is 1. The largest absolute Gasteiger partial charge is 0.452 e. The number of rotatable bonds is 6. The number of nitro benzene ring substituents is 1. The number of para-hydroxylation sites is 1. The molecule has 0 fully saturated rings. The average Bonchev–Trinajstić information content (AvgIpc) is 2.93. The van der Waals surface area contributed by atoms with Gasteiger partial charge in [-0.3, -0.25) is 14.9 Å². The van der Waals surface area contributed by atoms with Crippen LogP contribution in [0.1, 0.15) is 56.7 Å². The lowest BCUT2D eigenvalue weighted by Gasteiger charge is -2.22. The Morgan fingerprint density at radius 2 is 1.73 bits per heavy atom. The van der Waals surface area contributed by atoms with Crippen molar-refractivity contribution in [3.63, 3.8) is 0 Å². The quantitative estimate of drug-likeness (QED) is 0.166. The fraction of sp³-hybridized carbons (Fsp3) is 0.219. The third-order valence-electron chi connectivity index (χ3n) is 7.10. The predicted molar refractivity (Wildman–Crippen MR) is 155 cm³/mol. The first-order chi connectivity index (χ1) is 19.2. The minimum absolute atomic E-state index is 0.0251. The van der Waals surface area contributed by atoms with Gasteiger partial charge in [-0.25, -0.2) is 9.78 Å². The third-order valence-corrected chi connectivity index (χ3v) is 7.10. The highest BCUT2D eigenvalue weighted by Gasteiger charge is 2.26. The van der Waals surface area contributed by atoms with Gasteiger partial charge in [0.25, 0.3) is 11.6 Å². The molecule has 8 heteroatoms. The Morgan fingerprint density at radius 3 is 2.42 bits per heavy atom. The van der Waals surface area contributed by atoms with Crippen molar-refractivity contribution in [1.82, 2.24) is 4.98 Å². The van der Waals surface area contributed by atoms with E-state index in [0.717, 1.165) is 51.9 Å². The number of carbonyl (C=O) groups excluding carboxylic acids is 2. The zero-order chi connectivity index (χ0) is 28.4. The number of nitrogens with one attached hydrogen (secondary N) is 1. The van der Waals surface area contributed by atoms with Gasteiger partial charge in [0, 0.05) is 23.2 Å². The molecule has 1 aliphatic rings. The molecule has 0 saturated heterocycles. The molecule has 0 radical (unpaired) electrons. The smallest absolute Gasteiger partial charge is 0.339 e. The monoisotopic (exact) mass is 535 g/mol. The summed E-state index contributed by atoms with van der Waals surface area (Å²) in [5, 5.41) is 14.6. The summed E-state index contributed by atoms with van der Waals surface area (Å²) in [6.07, 6.45) is 4.15. The number of non-ortho nitro benzene ring substituents is 1. The molecule has 1 amide bonds. The summed E-state index contributed by atoms with van der Waals surface area (Å²) >= 11 is 0. The number of amides is 1. The van der Waals surface area contributed by atoms with Crippen LogP contribution >= 0.6 is 0 Å². The number of nitro groups is 1. The van der Waals surface area contributed by atoms with E-state index in [1.54, 1.807) is 12.1 Å². The first-order valence-corrected chi connectivity index (χ1v) is 13.1. The molecule has 4 aromatic rings.